The quantitative estimate of drug-likeness (QED) is 0.141. The number of aryl methyl sites for hydroxylation is 1. The van der Waals surface area contributed by atoms with Crippen molar-refractivity contribution in [3.05, 3.63) is 289 Å². The monoisotopic (exact) mass is 1150 g/mol. The molecule has 0 radical (unpaired) electrons. The zero-order chi connectivity index (χ0) is 61.1. The predicted molar refractivity (Wildman–Crippen MR) is 383 cm³/mol. The van der Waals surface area contributed by atoms with Gasteiger partial charge in [0.1, 0.15) is 0 Å². The highest BCUT2D eigenvalue weighted by Gasteiger charge is 2.46. The van der Waals surface area contributed by atoms with Crippen LogP contribution in [0, 0.1) is 6.92 Å². The first-order valence-corrected chi connectivity index (χ1v) is 31.7. The van der Waals surface area contributed by atoms with E-state index in [0.717, 1.165) is 45.0 Å². The van der Waals surface area contributed by atoms with Gasteiger partial charge in [-0.1, -0.05) is 275 Å². The second-order valence-electron chi connectivity index (χ2n) is 27.8. The Morgan fingerprint density at radius 3 is 1.04 bits per heavy atom. The molecule has 0 fully saturated rings. The lowest BCUT2D eigenvalue weighted by atomic mass is 9.33. The van der Waals surface area contributed by atoms with E-state index in [2.05, 4.69) is 351 Å². The van der Waals surface area contributed by atoms with E-state index >= 15 is 0 Å². The topological polar surface area (TPSA) is 11.4 Å². The third-order valence-corrected chi connectivity index (χ3v) is 19.0. The molecule has 2 aliphatic rings. The lowest BCUT2D eigenvalue weighted by Crippen LogP contribution is -2.61. The normalized spacial score (nSPS) is 13.0. The second-order valence-corrected chi connectivity index (χ2v) is 27.8. The third-order valence-electron chi connectivity index (χ3n) is 19.0. The molecule has 0 N–H and O–H groups in total. The summed E-state index contributed by atoms with van der Waals surface area (Å²) in [5, 5.41) is 2.55. The molecule has 3 nitrogen and oxygen atoms in total. The summed E-state index contributed by atoms with van der Waals surface area (Å²) >= 11 is 0. The van der Waals surface area contributed by atoms with Crippen molar-refractivity contribution < 1.29 is 0 Å². The van der Waals surface area contributed by atoms with Crippen LogP contribution in [0.2, 0.25) is 0 Å². The number of para-hydroxylation sites is 2. The molecule has 0 aliphatic carbocycles. The van der Waals surface area contributed by atoms with Crippen LogP contribution in [0.15, 0.2) is 267 Å². The molecule has 3 heterocycles. The Hall–Kier alpha value is -9.90. The molecule has 432 valence electrons. The zero-order valence-electron chi connectivity index (χ0n) is 52.8. The maximum absolute atomic E-state index is 2.70. The number of anilines is 6. The Labute approximate surface area is 526 Å². The first kappa shape index (κ1) is 55.7. The van der Waals surface area contributed by atoms with Crippen molar-refractivity contribution in [1.82, 2.24) is 4.57 Å². The van der Waals surface area contributed by atoms with Gasteiger partial charge in [-0.25, -0.2) is 0 Å². The largest absolute Gasteiger partial charge is 0.310 e. The van der Waals surface area contributed by atoms with Gasteiger partial charge in [-0.3, -0.25) is 0 Å². The summed E-state index contributed by atoms with van der Waals surface area (Å²) in [6, 6.07) is 101. The molecule has 89 heavy (non-hydrogen) atoms. The lowest BCUT2D eigenvalue weighted by Gasteiger charge is -2.46. The van der Waals surface area contributed by atoms with Crippen molar-refractivity contribution in [2.24, 2.45) is 0 Å². The van der Waals surface area contributed by atoms with Crippen molar-refractivity contribution in [2.45, 2.75) is 85.5 Å². The van der Waals surface area contributed by atoms with E-state index in [1.807, 2.05) is 0 Å². The highest BCUT2D eigenvalue weighted by molar-refractivity contribution is 7.00. The van der Waals surface area contributed by atoms with Gasteiger partial charge >= 0.3 is 0 Å². The van der Waals surface area contributed by atoms with E-state index in [4.69, 9.17) is 0 Å². The SMILES string of the molecule is Cc1cc2c(cc1-c1ccccc1)B1c3ccc(-n4c5ccc(C(C)(C)C)cc5c5cc(C(C)(C)C)ccc54)cc3N(c3c(-c4ccccc4)cccc3-c3ccccc3)c3cc(C(C)(C)C)cc(c31)N2c1c(-c2ccccc2)cccc1-c1ccccc1. The fraction of sp³-hybridized carbons (Fsp3) is 0.153. The number of nitrogens with zero attached hydrogens (tertiary/aromatic N) is 3. The number of hydrogen-bond acceptors (Lipinski definition) is 2. The molecule has 2 aliphatic heterocycles. The molecule has 0 bridgehead atoms. The van der Waals surface area contributed by atoms with Crippen LogP contribution >= 0.6 is 0 Å². The predicted octanol–water partition coefficient (Wildman–Crippen LogP) is 21.4. The van der Waals surface area contributed by atoms with Crippen LogP contribution in [0.25, 0.3) is 83.1 Å². The highest BCUT2D eigenvalue weighted by Crippen LogP contribution is 2.54. The van der Waals surface area contributed by atoms with Crippen molar-refractivity contribution in [1.29, 1.82) is 0 Å². The van der Waals surface area contributed by atoms with Crippen molar-refractivity contribution >= 4 is 79.0 Å². The van der Waals surface area contributed by atoms with Gasteiger partial charge in [0.05, 0.1) is 22.4 Å². The molecule has 4 heteroatoms. The molecule has 12 aromatic carbocycles. The molecule has 13 aromatic rings. The first-order valence-electron chi connectivity index (χ1n) is 31.7. The van der Waals surface area contributed by atoms with Gasteiger partial charge in [-0.2, -0.15) is 0 Å². The van der Waals surface area contributed by atoms with Gasteiger partial charge in [0.15, 0.2) is 0 Å². The van der Waals surface area contributed by atoms with E-state index in [-0.39, 0.29) is 23.0 Å². The van der Waals surface area contributed by atoms with E-state index < -0.39 is 0 Å². The Morgan fingerprint density at radius 1 is 0.292 bits per heavy atom. The van der Waals surface area contributed by atoms with Gasteiger partial charge in [0, 0.05) is 61.5 Å². The minimum atomic E-state index is -0.267. The molecular formula is C85H74BN3. The van der Waals surface area contributed by atoms with Crippen LogP contribution in [0.1, 0.15) is 84.6 Å². The Kier molecular flexibility index (Phi) is 13.2. The van der Waals surface area contributed by atoms with Crippen molar-refractivity contribution in [3.63, 3.8) is 0 Å². The number of hydrogen-bond donors (Lipinski definition) is 0. The Balaban J connectivity index is 1.12. The average molecular weight is 1150 g/mol. The molecule has 1 aromatic heterocycles. The van der Waals surface area contributed by atoms with Gasteiger partial charge in [-0.05, 0) is 150 Å². The van der Waals surface area contributed by atoms with Crippen LogP contribution in [-0.4, -0.2) is 11.3 Å². The van der Waals surface area contributed by atoms with Crippen LogP contribution < -0.4 is 26.2 Å². The first-order chi connectivity index (χ1) is 43.0. The van der Waals surface area contributed by atoms with Crippen molar-refractivity contribution in [2.75, 3.05) is 9.80 Å². The summed E-state index contributed by atoms with van der Waals surface area (Å²) in [7, 11) is 0. The molecule has 0 saturated carbocycles. The Bertz CT molecular complexity index is 4700. The molecule has 15 rings (SSSR count). The number of aromatic nitrogens is 1. The maximum atomic E-state index is 2.70. The Morgan fingerprint density at radius 2 is 0.663 bits per heavy atom. The number of benzene rings is 12. The fourth-order valence-electron chi connectivity index (χ4n) is 14.3. The summed E-state index contributed by atoms with van der Waals surface area (Å²) in [5.74, 6) is 0. The highest BCUT2D eigenvalue weighted by atomic mass is 15.2. The van der Waals surface area contributed by atoms with Gasteiger partial charge in [-0.15, -0.1) is 0 Å². The van der Waals surface area contributed by atoms with Gasteiger partial charge in [0.2, 0.25) is 0 Å². The maximum Gasteiger partial charge on any atom is 0.252 e. The molecule has 0 saturated heterocycles. The minimum absolute atomic E-state index is 0.0329. The number of rotatable bonds is 8. The lowest BCUT2D eigenvalue weighted by molar-refractivity contribution is 0.590. The zero-order valence-corrected chi connectivity index (χ0v) is 52.8. The number of fused-ring (bicyclic) bond motifs is 7. The summed E-state index contributed by atoms with van der Waals surface area (Å²) in [5.41, 5.74) is 30.8. The molecule has 0 spiro atoms. The average Bonchev–Trinajstić information content (AvgIpc) is 0.996. The van der Waals surface area contributed by atoms with Crippen LogP contribution in [0.5, 0.6) is 0 Å². The van der Waals surface area contributed by atoms with E-state index in [0.29, 0.717) is 0 Å². The van der Waals surface area contributed by atoms with E-state index in [1.54, 1.807) is 0 Å². The minimum Gasteiger partial charge on any atom is -0.310 e. The molecule has 0 atom stereocenters. The molecule has 0 amide bonds. The molecular weight excluding hydrogens is 1070 g/mol. The van der Waals surface area contributed by atoms with Gasteiger partial charge in [0.25, 0.3) is 6.71 Å². The van der Waals surface area contributed by atoms with Gasteiger partial charge < -0.3 is 14.4 Å². The second kappa shape index (κ2) is 21.2. The van der Waals surface area contributed by atoms with Crippen LogP contribution in [-0.2, 0) is 16.2 Å². The van der Waals surface area contributed by atoms with Crippen LogP contribution in [0.3, 0.4) is 0 Å². The van der Waals surface area contributed by atoms with E-state index in [9.17, 15) is 0 Å². The van der Waals surface area contributed by atoms with Crippen LogP contribution in [0.4, 0.5) is 34.1 Å². The fourth-order valence-corrected chi connectivity index (χ4v) is 14.3. The van der Waals surface area contributed by atoms with Crippen molar-refractivity contribution in [3.8, 4) is 61.3 Å². The summed E-state index contributed by atoms with van der Waals surface area (Å²) in [6.07, 6.45) is 0. The third kappa shape index (κ3) is 9.42. The summed E-state index contributed by atoms with van der Waals surface area (Å²) in [4.78, 5) is 5.38. The summed E-state index contributed by atoms with van der Waals surface area (Å²) in [6.45, 7) is 23.2. The van der Waals surface area contributed by atoms with E-state index in [1.165, 1.54) is 111 Å². The summed E-state index contributed by atoms with van der Waals surface area (Å²) < 4.78 is 2.55. The smallest absolute Gasteiger partial charge is 0.252 e. The molecule has 0 unspecified atom stereocenters. The standard InChI is InChI=1S/C85H74BN3/c1-55-48-76-73(54-69(55)60-36-24-15-25-37-60)86-72-45-44-64(87-74-46-42-61(83(2,3)4)49-70(74)71-50-62(84(5,6)7)43-47-75(71)87)53-77(72)89(82-67(58-32-20-13-21-33-58)40-27-41-68(82)59-34-22-14-23-35-59)79-52-63(85(8,9)10)51-78(80(79)86)88(76)81-65(56-28-16-11-17-29-56)38-26-39-66(81)57-30-18-12-19-31-57/h11-54H,1-10H3.